The van der Waals surface area contributed by atoms with E-state index in [1.165, 1.54) is 25.9 Å². The Hall–Kier alpha value is -1.20. The molecule has 2 heterocycles. The van der Waals surface area contributed by atoms with Gasteiger partial charge in [-0.25, -0.2) is 4.98 Å². The van der Waals surface area contributed by atoms with Crippen LogP contribution in [0.5, 0.6) is 0 Å². The second kappa shape index (κ2) is 6.50. The Bertz CT molecular complexity index is 495. The highest BCUT2D eigenvalue weighted by Crippen LogP contribution is 2.20. The van der Waals surface area contributed by atoms with E-state index in [0.29, 0.717) is 11.0 Å². The van der Waals surface area contributed by atoms with Crippen LogP contribution in [0.25, 0.3) is 0 Å². The highest BCUT2D eigenvalue weighted by molar-refractivity contribution is 7.80. The summed E-state index contributed by atoms with van der Waals surface area (Å²) in [6.45, 7) is 9.64. The van der Waals surface area contributed by atoms with Crippen molar-refractivity contribution < 1.29 is 0 Å². The Morgan fingerprint density at radius 2 is 2.10 bits per heavy atom. The van der Waals surface area contributed by atoms with Crippen LogP contribution in [0.1, 0.15) is 36.6 Å². The lowest BCUT2D eigenvalue weighted by Gasteiger charge is -2.23. The maximum absolute atomic E-state index is 5.85. The molecule has 1 unspecified atom stereocenters. The van der Waals surface area contributed by atoms with Crippen molar-refractivity contribution in [3.63, 3.8) is 0 Å². The van der Waals surface area contributed by atoms with Crippen LogP contribution in [0.3, 0.4) is 0 Å². The number of nitrogens with one attached hydrogen (secondary N) is 1. The third kappa shape index (κ3) is 3.67. The summed E-state index contributed by atoms with van der Waals surface area (Å²) < 4.78 is 0. The topological polar surface area (TPSA) is 54.2 Å². The van der Waals surface area contributed by atoms with E-state index in [4.69, 9.17) is 18.0 Å². The summed E-state index contributed by atoms with van der Waals surface area (Å²) in [5, 5.41) is 3.48. The minimum Gasteiger partial charge on any atom is -0.389 e. The summed E-state index contributed by atoms with van der Waals surface area (Å²) in [5.41, 5.74) is 8.79. The molecule has 0 spiro atoms. The zero-order valence-electron chi connectivity index (χ0n) is 12.6. The molecule has 20 heavy (non-hydrogen) atoms. The van der Waals surface area contributed by atoms with Crippen LogP contribution >= 0.6 is 12.2 Å². The van der Waals surface area contributed by atoms with Crippen LogP contribution in [0, 0.1) is 13.8 Å². The molecular weight excluding hydrogens is 268 g/mol. The van der Waals surface area contributed by atoms with Gasteiger partial charge in [0.1, 0.15) is 10.8 Å². The van der Waals surface area contributed by atoms with Gasteiger partial charge in [0, 0.05) is 18.3 Å². The zero-order valence-corrected chi connectivity index (χ0v) is 13.4. The highest BCUT2D eigenvalue weighted by atomic mass is 32.1. The molecule has 3 N–H and O–H groups in total. The first kappa shape index (κ1) is 15.2. The van der Waals surface area contributed by atoms with Gasteiger partial charge >= 0.3 is 0 Å². The summed E-state index contributed by atoms with van der Waals surface area (Å²) in [7, 11) is 0. The average molecular weight is 292 g/mol. The first-order valence-corrected chi connectivity index (χ1v) is 7.65. The number of hydrogen-bond donors (Lipinski definition) is 2. The Balaban J connectivity index is 2.12. The SMILES string of the molecule is Cc1cc(C)c(C(N)=S)c(NC(C)CN2CCCC2)n1. The van der Waals surface area contributed by atoms with Crippen molar-refractivity contribution in [2.45, 2.75) is 39.7 Å². The molecule has 1 saturated heterocycles. The smallest absolute Gasteiger partial charge is 0.137 e. The van der Waals surface area contributed by atoms with Gasteiger partial charge in [0.2, 0.25) is 0 Å². The molecule has 0 bridgehead atoms. The average Bonchev–Trinajstić information content (AvgIpc) is 2.79. The second-order valence-electron chi connectivity index (χ2n) is 5.72. The molecule has 0 amide bonds. The lowest BCUT2D eigenvalue weighted by atomic mass is 10.1. The van der Waals surface area contributed by atoms with E-state index in [-0.39, 0.29) is 0 Å². The summed E-state index contributed by atoms with van der Waals surface area (Å²) >= 11 is 5.16. The fourth-order valence-electron chi connectivity index (χ4n) is 2.88. The minimum atomic E-state index is 0.329. The van der Waals surface area contributed by atoms with Crippen LogP contribution < -0.4 is 11.1 Å². The number of thiocarbonyl (C=S) groups is 1. The predicted molar refractivity (Wildman–Crippen MR) is 88.4 cm³/mol. The van der Waals surface area contributed by atoms with E-state index in [0.717, 1.165) is 29.2 Å². The number of aryl methyl sites for hydroxylation is 2. The molecule has 2 rings (SSSR count). The molecule has 1 atom stereocenters. The first-order chi connectivity index (χ1) is 9.47. The van der Waals surface area contributed by atoms with Crippen molar-refractivity contribution in [2.75, 3.05) is 25.0 Å². The van der Waals surface area contributed by atoms with Crippen molar-refractivity contribution in [2.24, 2.45) is 5.73 Å². The van der Waals surface area contributed by atoms with Crippen LogP contribution in [-0.2, 0) is 0 Å². The van der Waals surface area contributed by atoms with Crippen LogP contribution in [0.4, 0.5) is 5.82 Å². The van der Waals surface area contributed by atoms with E-state index in [1.54, 1.807) is 0 Å². The van der Waals surface area contributed by atoms with Crippen molar-refractivity contribution >= 4 is 23.0 Å². The molecule has 0 radical (unpaired) electrons. The van der Waals surface area contributed by atoms with Crippen molar-refractivity contribution in [3.05, 3.63) is 22.9 Å². The number of aromatic nitrogens is 1. The molecule has 0 aliphatic carbocycles. The standard InChI is InChI=1S/C15H24N4S/c1-10-8-11(2)17-15(13(10)14(16)20)18-12(3)9-19-6-4-5-7-19/h8,12H,4-7,9H2,1-3H3,(H2,16,20)(H,17,18). The number of hydrogen-bond acceptors (Lipinski definition) is 4. The van der Waals surface area contributed by atoms with E-state index >= 15 is 0 Å². The van der Waals surface area contributed by atoms with Gasteiger partial charge in [-0.2, -0.15) is 0 Å². The molecular formula is C15H24N4S. The monoisotopic (exact) mass is 292 g/mol. The second-order valence-corrected chi connectivity index (χ2v) is 6.16. The molecule has 1 aliphatic rings. The summed E-state index contributed by atoms with van der Waals surface area (Å²) in [5.74, 6) is 0.821. The molecule has 1 aromatic heterocycles. The van der Waals surface area contributed by atoms with Crippen molar-refractivity contribution in [1.29, 1.82) is 0 Å². The minimum absolute atomic E-state index is 0.329. The number of rotatable bonds is 5. The fourth-order valence-corrected chi connectivity index (χ4v) is 3.14. The van der Waals surface area contributed by atoms with Gasteiger partial charge in [-0.05, 0) is 58.3 Å². The molecule has 4 nitrogen and oxygen atoms in total. The Morgan fingerprint density at radius 3 is 2.70 bits per heavy atom. The number of nitrogens with two attached hydrogens (primary N) is 1. The van der Waals surface area contributed by atoms with Gasteiger partial charge in [0.25, 0.3) is 0 Å². The molecule has 1 aromatic rings. The predicted octanol–water partition coefficient (Wildman–Crippen LogP) is 2.23. The number of anilines is 1. The fraction of sp³-hybridized carbons (Fsp3) is 0.600. The number of pyridine rings is 1. The highest BCUT2D eigenvalue weighted by Gasteiger charge is 2.17. The molecule has 0 aromatic carbocycles. The van der Waals surface area contributed by atoms with Gasteiger partial charge < -0.3 is 16.0 Å². The van der Waals surface area contributed by atoms with E-state index in [2.05, 4.69) is 22.1 Å². The van der Waals surface area contributed by atoms with Gasteiger partial charge in [-0.1, -0.05) is 12.2 Å². The Morgan fingerprint density at radius 1 is 1.45 bits per heavy atom. The normalized spacial score (nSPS) is 17.1. The summed E-state index contributed by atoms with van der Waals surface area (Å²) in [4.78, 5) is 7.47. The van der Waals surface area contributed by atoms with E-state index < -0.39 is 0 Å². The van der Waals surface area contributed by atoms with Gasteiger partial charge in [0.05, 0.1) is 5.56 Å². The molecule has 110 valence electrons. The lowest BCUT2D eigenvalue weighted by molar-refractivity contribution is 0.327. The Kier molecular flexibility index (Phi) is 4.94. The molecule has 1 aliphatic heterocycles. The van der Waals surface area contributed by atoms with Crippen molar-refractivity contribution in [1.82, 2.24) is 9.88 Å². The van der Waals surface area contributed by atoms with Gasteiger partial charge in [-0.15, -0.1) is 0 Å². The quantitative estimate of drug-likeness (QED) is 0.815. The molecule has 0 saturated carbocycles. The van der Waals surface area contributed by atoms with E-state index in [1.807, 2.05) is 19.9 Å². The van der Waals surface area contributed by atoms with Gasteiger partial charge in [-0.3, -0.25) is 0 Å². The molecule has 5 heteroatoms. The third-order valence-corrected chi connectivity index (χ3v) is 3.91. The van der Waals surface area contributed by atoms with Crippen LogP contribution in [0.2, 0.25) is 0 Å². The number of nitrogens with zero attached hydrogens (tertiary/aromatic N) is 2. The van der Waals surface area contributed by atoms with Crippen molar-refractivity contribution in [3.8, 4) is 0 Å². The maximum atomic E-state index is 5.85. The third-order valence-electron chi connectivity index (χ3n) is 3.70. The largest absolute Gasteiger partial charge is 0.389 e. The Labute approximate surface area is 126 Å². The number of likely N-dealkylation sites (tertiary alicyclic amines) is 1. The summed E-state index contributed by atoms with van der Waals surface area (Å²) in [6.07, 6.45) is 2.62. The zero-order chi connectivity index (χ0) is 14.7. The van der Waals surface area contributed by atoms with Crippen LogP contribution in [-0.4, -0.2) is 40.5 Å². The maximum Gasteiger partial charge on any atom is 0.137 e. The lowest BCUT2D eigenvalue weighted by Crippen LogP contribution is -2.34. The summed E-state index contributed by atoms with van der Waals surface area (Å²) in [6, 6.07) is 2.35. The van der Waals surface area contributed by atoms with E-state index in [9.17, 15) is 0 Å². The van der Waals surface area contributed by atoms with Crippen LogP contribution in [0.15, 0.2) is 6.07 Å². The van der Waals surface area contributed by atoms with Gasteiger partial charge in [0.15, 0.2) is 0 Å². The molecule has 1 fully saturated rings. The first-order valence-electron chi connectivity index (χ1n) is 7.24.